The van der Waals surface area contributed by atoms with Crippen molar-refractivity contribution in [3.63, 3.8) is 0 Å². The van der Waals surface area contributed by atoms with Crippen molar-refractivity contribution in [1.82, 2.24) is 5.32 Å². The fourth-order valence-electron chi connectivity index (χ4n) is 0.724. The molecule has 0 spiro atoms. The van der Waals surface area contributed by atoms with Crippen molar-refractivity contribution in [2.24, 2.45) is 0 Å². The van der Waals surface area contributed by atoms with Crippen LogP contribution in [0, 0.1) is 0 Å². The van der Waals surface area contributed by atoms with Gasteiger partial charge < -0.3 is 15.2 Å². The Balaban J connectivity index is 0.000000640. The van der Waals surface area contributed by atoms with Crippen molar-refractivity contribution >= 4 is 5.97 Å². The first-order valence-corrected chi connectivity index (χ1v) is 2.72. The third-order valence-electron chi connectivity index (χ3n) is 1.34. The number of nitrogens with one attached hydrogen (secondary N) is 1. The Morgan fingerprint density at radius 2 is 2.33 bits per heavy atom. The van der Waals surface area contributed by atoms with Crippen LogP contribution >= 0.6 is 0 Å². The molecule has 1 heterocycles. The number of hydrogen-bond acceptors (Lipinski definition) is 3. The molecule has 3 nitrogen and oxygen atoms in total. The van der Waals surface area contributed by atoms with E-state index < -0.39 is 5.97 Å². The number of carboxylic acid groups (broad SMARTS) is 1. The van der Waals surface area contributed by atoms with Crippen LogP contribution in [-0.2, 0) is 4.79 Å². The van der Waals surface area contributed by atoms with Gasteiger partial charge in [0.1, 0.15) is 0 Å². The van der Waals surface area contributed by atoms with Crippen LogP contribution in [0.5, 0.6) is 0 Å². The maximum atomic E-state index is 9.85. The van der Waals surface area contributed by atoms with Crippen LogP contribution in [0.2, 0.25) is 0 Å². The molecule has 1 aliphatic rings. The Labute approximate surface area is 76.1 Å². The second kappa shape index (κ2) is 4.28. The molecule has 0 aliphatic carbocycles. The molecule has 0 bridgehead atoms. The average Bonchev–Trinajstić information content (AvgIpc) is 1.55. The van der Waals surface area contributed by atoms with Gasteiger partial charge in [0.2, 0.25) is 0 Å². The van der Waals surface area contributed by atoms with E-state index in [-0.39, 0.29) is 42.0 Å². The third kappa shape index (κ3) is 3.20. The summed E-state index contributed by atoms with van der Waals surface area (Å²) in [6.07, 6.45) is 1.15. The smallest absolute Gasteiger partial charge is 0.550 e. The molecule has 1 unspecified atom stereocenters. The summed E-state index contributed by atoms with van der Waals surface area (Å²) in [5.41, 5.74) is 0. The van der Waals surface area contributed by atoms with Gasteiger partial charge in [-0.15, -0.1) is 0 Å². The summed E-state index contributed by atoms with van der Waals surface area (Å²) < 4.78 is 0. The molecule has 1 atom stereocenters. The minimum atomic E-state index is -0.956. The SMILES string of the molecule is O=C([O-])CC1CCN1.[Na+]. The minimum Gasteiger partial charge on any atom is -0.550 e. The number of carbonyl (C=O) groups excluding carboxylic acids is 1. The summed E-state index contributed by atoms with van der Waals surface area (Å²) in [7, 11) is 0. The van der Waals surface area contributed by atoms with Gasteiger partial charge in [-0.25, -0.2) is 0 Å². The van der Waals surface area contributed by atoms with Crippen molar-refractivity contribution in [2.75, 3.05) is 6.54 Å². The molecule has 0 aromatic carbocycles. The molecule has 0 aromatic rings. The van der Waals surface area contributed by atoms with Crippen LogP contribution in [0.15, 0.2) is 0 Å². The normalized spacial score (nSPS) is 23.8. The van der Waals surface area contributed by atoms with E-state index in [0.29, 0.717) is 0 Å². The molecule has 1 fully saturated rings. The van der Waals surface area contributed by atoms with Gasteiger partial charge in [0.15, 0.2) is 0 Å². The van der Waals surface area contributed by atoms with E-state index in [1.54, 1.807) is 0 Å². The molecular weight excluding hydrogens is 129 g/mol. The van der Waals surface area contributed by atoms with Crippen LogP contribution in [0.4, 0.5) is 0 Å². The van der Waals surface area contributed by atoms with Gasteiger partial charge in [-0.3, -0.25) is 0 Å². The number of hydrogen-bond donors (Lipinski definition) is 1. The zero-order valence-corrected chi connectivity index (χ0v) is 7.52. The predicted molar refractivity (Wildman–Crippen MR) is 26.0 cm³/mol. The van der Waals surface area contributed by atoms with Crippen LogP contribution in [-0.4, -0.2) is 18.6 Å². The maximum Gasteiger partial charge on any atom is 1.00 e. The minimum absolute atomic E-state index is 0. The fourth-order valence-corrected chi connectivity index (χ4v) is 0.724. The third-order valence-corrected chi connectivity index (χ3v) is 1.34. The molecule has 46 valence electrons. The van der Waals surface area contributed by atoms with Gasteiger partial charge in [-0.2, -0.15) is 0 Å². The molecule has 0 amide bonds. The summed E-state index contributed by atoms with van der Waals surface area (Å²) >= 11 is 0. The summed E-state index contributed by atoms with van der Waals surface area (Å²) in [5, 5.41) is 12.8. The van der Waals surface area contributed by atoms with Gasteiger partial charge in [-0.05, 0) is 13.0 Å². The number of rotatable bonds is 2. The van der Waals surface area contributed by atoms with Crippen molar-refractivity contribution < 1.29 is 39.5 Å². The number of carboxylic acids is 1. The van der Waals surface area contributed by atoms with Crippen LogP contribution in [0.3, 0.4) is 0 Å². The van der Waals surface area contributed by atoms with E-state index in [4.69, 9.17) is 0 Å². The Bertz CT molecular complexity index is 103. The van der Waals surface area contributed by atoms with Crippen LogP contribution in [0.1, 0.15) is 12.8 Å². The van der Waals surface area contributed by atoms with E-state index in [0.717, 1.165) is 13.0 Å². The van der Waals surface area contributed by atoms with Crippen molar-refractivity contribution in [2.45, 2.75) is 18.9 Å². The average molecular weight is 137 g/mol. The second-order valence-electron chi connectivity index (χ2n) is 2.02. The van der Waals surface area contributed by atoms with E-state index in [1.165, 1.54) is 0 Å². The van der Waals surface area contributed by atoms with Gasteiger partial charge >= 0.3 is 29.6 Å². The van der Waals surface area contributed by atoms with Crippen molar-refractivity contribution in [1.29, 1.82) is 0 Å². The Morgan fingerprint density at radius 3 is 2.44 bits per heavy atom. The van der Waals surface area contributed by atoms with E-state index in [9.17, 15) is 9.90 Å². The van der Waals surface area contributed by atoms with E-state index >= 15 is 0 Å². The zero-order valence-electron chi connectivity index (χ0n) is 5.52. The Kier molecular flexibility index (Phi) is 4.48. The first-order valence-electron chi connectivity index (χ1n) is 2.72. The first kappa shape index (κ1) is 9.43. The first-order chi connectivity index (χ1) is 3.79. The monoisotopic (exact) mass is 137 g/mol. The van der Waals surface area contributed by atoms with Gasteiger partial charge in [-0.1, -0.05) is 0 Å². The van der Waals surface area contributed by atoms with Gasteiger partial charge in [0.05, 0.1) is 0 Å². The summed E-state index contributed by atoms with van der Waals surface area (Å²) in [5.74, 6) is -0.956. The molecule has 1 saturated heterocycles. The molecule has 0 saturated carbocycles. The van der Waals surface area contributed by atoms with Crippen LogP contribution < -0.4 is 40.0 Å². The molecule has 0 aromatic heterocycles. The summed E-state index contributed by atoms with van der Waals surface area (Å²) in [6, 6.07) is 0.194. The largest absolute Gasteiger partial charge is 1.00 e. The molecule has 1 rings (SSSR count). The molecule has 0 radical (unpaired) electrons. The summed E-state index contributed by atoms with van der Waals surface area (Å²) in [6.45, 7) is 0.956. The number of aliphatic carboxylic acids is 1. The topological polar surface area (TPSA) is 52.2 Å². The predicted octanol–water partition coefficient (Wildman–Crippen LogP) is -4.51. The van der Waals surface area contributed by atoms with E-state index in [2.05, 4.69) is 5.32 Å². The molecule has 4 heteroatoms. The van der Waals surface area contributed by atoms with Crippen molar-refractivity contribution in [3.05, 3.63) is 0 Å². The quantitative estimate of drug-likeness (QED) is 0.390. The summed E-state index contributed by atoms with van der Waals surface area (Å²) in [4.78, 5) is 9.85. The standard InChI is InChI=1S/C5H9NO2.Na/c7-5(8)3-4-1-2-6-4;/h4,6H,1-3H2,(H,7,8);/q;+1/p-1. The van der Waals surface area contributed by atoms with Gasteiger partial charge in [0.25, 0.3) is 0 Å². The molecular formula is C5H8NNaO2. The molecule has 1 aliphatic heterocycles. The Hall–Kier alpha value is 0.430. The van der Waals surface area contributed by atoms with Crippen LogP contribution in [0.25, 0.3) is 0 Å². The fraction of sp³-hybridized carbons (Fsp3) is 0.800. The number of carbonyl (C=O) groups is 1. The van der Waals surface area contributed by atoms with E-state index in [1.807, 2.05) is 0 Å². The maximum absolute atomic E-state index is 9.85. The molecule has 1 N–H and O–H groups in total. The Morgan fingerprint density at radius 1 is 1.78 bits per heavy atom. The van der Waals surface area contributed by atoms with Crippen molar-refractivity contribution in [3.8, 4) is 0 Å². The zero-order chi connectivity index (χ0) is 5.98. The van der Waals surface area contributed by atoms with Gasteiger partial charge in [0, 0.05) is 18.4 Å². The second-order valence-corrected chi connectivity index (χ2v) is 2.02. The molecule has 9 heavy (non-hydrogen) atoms.